The molecule has 0 radical (unpaired) electrons. The van der Waals surface area contributed by atoms with E-state index < -0.39 is 0 Å². The number of aryl methyl sites for hydroxylation is 1. The Morgan fingerprint density at radius 1 is 1.35 bits per heavy atom. The quantitative estimate of drug-likeness (QED) is 0.897. The van der Waals surface area contributed by atoms with Crippen LogP contribution in [0.2, 0.25) is 0 Å². The Bertz CT molecular complexity index is 679. The molecule has 2 heterocycles. The van der Waals surface area contributed by atoms with Crippen molar-refractivity contribution in [2.75, 3.05) is 5.73 Å². The van der Waals surface area contributed by atoms with Gasteiger partial charge in [0.25, 0.3) is 5.91 Å². The first kappa shape index (κ1) is 15.9. The minimum Gasteiger partial charge on any atom is -0.384 e. The van der Waals surface area contributed by atoms with Crippen LogP contribution in [0.3, 0.4) is 0 Å². The highest BCUT2D eigenvalue weighted by Crippen LogP contribution is 2.32. The molecule has 0 aromatic carbocycles. The van der Waals surface area contributed by atoms with Gasteiger partial charge in [-0.25, -0.2) is 9.97 Å². The predicted molar refractivity (Wildman–Crippen MR) is 91.2 cm³/mol. The molecular weight excluding hydrogens is 310 g/mol. The summed E-state index contributed by atoms with van der Waals surface area (Å²) in [5, 5.41) is 4.69. The zero-order valence-corrected chi connectivity index (χ0v) is 13.9. The van der Waals surface area contributed by atoms with Gasteiger partial charge in [0, 0.05) is 30.7 Å². The van der Waals surface area contributed by atoms with Crippen LogP contribution in [0.5, 0.6) is 0 Å². The van der Waals surface area contributed by atoms with Gasteiger partial charge in [-0.3, -0.25) is 4.79 Å². The number of anilines is 1. The maximum Gasteiger partial charge on any atom is 0.270 e. The molecule has 0 unspecified atom stereocenters. The van der Waals surface area contributed by atoms with Crippen molar-refractivity contribution in [2.24, 2.45) is 7.05 Å². The van der Waals surface area contributed by atoms with E-state index in [-0.39, 0.29) is 11.9 Å². The van der Waals surface area contributed by atoms with Gasteiger partial charge < -0.3 is 15.6 Å². The van der Waals surface area contributed by atoms with E-state index in [1.54, 1.807) is 18.2 Å². The number of nitrogen functional groups attached to an aromatic ring is 1. The Morgan fingerprint density at radius 3 is 2.78 bits per heavy atom. The number of rotatable bonds is 4. The molecule has 1 amide bonds. The van der Waals surface area contributed by atoms with E-state index in [4.69, 9.17) is 5.73 Å². The fraction of sp³-hybridized carbons (Fsp3) is 0.438. The summed E-state index contributed by atoms with van der Waals surface area (Å²) < 4.78 is 2.05. The van der Waals surface area contributed by atoms with Gasteiger partial charge in [0.15, 0.2) is 5.16 Å². The summed E-state index contributed by atoms with van der Waals surface area (Å²) in [5.74, 6) is 0.227. The van der Waals surface area contributed by atoms with Gasteiger partial charge in [0.05, 0.1) is 0 Å². The van der Waals surface area contributed by atoms with Gasteiger partial charge in [-0.2, -0.15) is 0 Å². The average molecular weight is 331 g/mol. The summed E-state index contributed by atoms with van der Waals surface area (Å²) in [6.07, 6.45) is 7.91. The number of nitrogens with two attached hydrogens (primary N) is 1. The van der Waals surface area contributed by atoms with Crippen molar-refractivity contribution in [2.45, 2.75) is 42.1 Å². The molecule has 1 saturated carbocycles. The molecule has 0 aliphatic heterocycles. The van der Waals surface area contributed by atoms with Crippen LogP contribution in [0.4, 0.5) is 5.82 Å². The van der Waals surface area contributed by atoms with Gasteiger partial charge in [-0.15, -0.1) is 0 Å². The highest BCUT2D eigenvalue weighted by molar-refractivity contribution is 7.99. The van der Waals surface area contributed by atoms with Gasteiger partial charge in [-0.1, -0.05) is 17.8 Å². The van der Waals surface area contributed by atoms with Gasteiger partial charge in [0.1, 0.15) is 11.5 Å². The van der Waals surface area contributed by atoms with E-state index >= 15 is 0 Å². The largest absolute Gasteiger partial charge is 0.384 e. The second-order valence-corrected chi connectivity index (χ2v) is 7.10. The summed E-state index contributed by atoms with van der Waals surface area (Å²) >= 11 is 1.83. The summed E-state index contributed by atoms with van der Waals surface area (Å²) in [6, 6.07) is 5.33. The molecule has 1 aliphatic carbocycles. The van der Waals surface area contributed by atoms with Crippen LogP contribution in [0.25, 0.3) is 0 Å². The fourth-order valence-electron chi connectivity index (χ4n) is 2.78. The number of nitrogens with zero attached hydrogens (tertiary/aromatic N) is 3. The Labute approximate surface area is 139 Å². The van der Waals surface area contributed by atoms with Crippen molar-refractivity contribution in [3.63, 3.8) is 0 Å². The topological polar surface area (TPSA) is 85.8 Å². The molecular formula is C16H21N5OS. The van der Waals surface area contributed by atoms with Crippen molar-refractivity contribution < 1.29 is 4.79 Å². The minimum atomic E-state index is -0.141. The number of amides is 1. The Balaban J connectivity index is 1.49. The first-order valence-corrected chi connectivity index (χ1v) is 8.67. The lowest BCUT2D eigenvalue weighted by Crippen LogP contribution is -2.38. The third kappa shape index (κ3) is 4.04. The predicted octanol–water partition coefficient (Wildman–Crippen LogP) is 2.23. The number of imidazole rings is 1. The molecule has 1 aliphatic rings. The summed E-state index contributed by atoms with van der Waals surface area (Å²) in [5.41, 5.74) is 6.01. The molecule has 0 saturated heterocycles. The third-order valence-electron chi connectivity index (χ3n) is 4.06. The summed E-state index contributed by atoms with van der Waals surface area (Å²) in [4.78, 5) is 20.6. The van der Waals surface area contributed by atoms with Gasteiger partial charge in [-0.05, 0) is 37.8 Å². The maximum absolute atomic E-state index is 12.2. The molecule has 7 heteroatoms. The summed E-state index contributed by atoms with van der Waals surface area (Å²) in [6.45, 7) is 0. The molecule has 0 atom stereocenters. The lowest BCUT2D eigenvalue weighted by atomic mass is 9.95. The number of carbonyl (C=O) groups is 1. The third-order valence-corrected chi connectivity index (χ3v) is 5.47. The van der Waals surface area contributed by atoms with E-state index in [2.05, 4.69) is 15.3 Å². The van der Waals surface area contributed by atoms with E-state index in [0.717, 1.165) is 30.8 Å². The van der Waals surface area contributed by atoms with E-state index in [1.165, 1.54) is 0 Å². The van der Waals surface area contributed by atoms with Crippen LogP contribution < -0.4 is 11.1 Å². The molecule has 0 bridgehead atoms. The van der Waals surface area contributed by atoms with Crippen LogP contribution in [-0.4, -0.2) is 31.7 Å². The van der Waals surface area contributed by atoms with E-state index in [0.29, 0.717) is 16.8 Å². The maximum atomic E-state index is 12.2. The first-order chi connectivity index (χ1) is 11.1. The van der Waals surface area contributed by atoms with Crippen molar-refractivity contribution in [1.82, 2.24) is 19.9 Å². The Kier molecular flexibility index (Phi) is 4.85. The van der Waals surface area contributed by atoms with Crippen molar-refractivity contribution >= 4 is 23.5 Å². The lowest BCUT2D eigenvalue weighted by Gasteiger charge is -2.28. The average Bonchev–Trinajstić information content (AvgIpc) is 2.94. The molecule has 2 aromatic rings. The SMILES string of the molecule is Cn1ccnc1SC1CCC(NC(=O)c2cccc(N)n2)CC1. The number of pyridine rings is 1. The first-order valence-electron chi connectivity index (χ1n) is 7.79. The molecule has 3 rings (SSSR count). The van der Waals surface area contributed by atoms with Crippen LogP contribution in [0.15, 0.2) is 35.7 Å². The molecule has 23 heavy (non-hydrogen) atoms. The van der Waals surface area contributed by atoms with E-state index in [9.17, 15) is 4.79 Å². The molecule has 122 valence electrons. The highest BCUT2D eigenvalue weighted by Gasteiger charge is 2.24. The van der Waals surface area contributed by atoms with Gasteiger partial charge in [0.2, 0.25) is 0 Å². The van der Waals surface area contributed by atoms with E-state index in [1.807, 2.05) is 35.8 Å². The van der Waals surface area contributed by atoms with Crippen molar-refractivity contribution in [3.8, 4) is 0 Å². The van der Waals surface area contributed by atoms with Crippen molar-refractivity contribution in [3.05, 3.63) is 36.3 Å². The second-order valence-electron chi connectivity index (χ2n) is 5.83. The molecule has 1 fully saturated rings. The van der Waals surface area contributed by atoms with Crippen molar-refractivity contribution in [1.29, 1.82) is 0 Å². The van der Waals surface area contributed by atoms with Crippen LogP contribution in [0, 0.1) is 0 Å². The number of carbonyl (C=O) groups excluding carboxylic acids is 1. The van der Waals surface area contributed by atoms with Crippen LogP contribution in [0.1, 0.15) is 36.2 Å². The lowest BCUT2D eigenvalue weighted by molar-refractivity contribution is 0.0923. The molecule has 0 spiro atoms. The van der Waals surface area contributed by atoms with Crippen LogP contribution >= 0.6 is 11.8 Å². The molecule has 2 aromatic heterocycles. The Hall–Kier alpha value is -2.02. The zero-order chi connectivity index (χ0) is 16.2. The number of thioether (sulfide) groups is 1. The fourth-order valence-corrected chi connectivity index (χ4v) is 3.93. The molecule has 6 nitrogen and oxygen atoms in total. The second kappa shape index (κ2) is 7.04. The molecule has 3 N–H and O–H groups in total. The number of nitrogens with one attached hydrogen (secondary N) is 1. The minimum absolute atomic E-state index is 0.141. The highest BCUT2D eigenvalue weighted by atomic mass is 32.2. The number of hydrogen-bond acceptors (Lipinski definition) is 5. The normalized spacial score (nSPS) is 21.1. The smallest absolute Gasteiger partial charge is 0.270 e. The number of aromatic nitrogens is 3. The Morgan fingerprint density at radius 2 is 2.13 bits per heavy atom. The summed E-state index contributed by atoms with van der Waals surface area (Å²) in [7, 11) is 2.01. The zero-order valence-electron chi connectivity index (χ0n) is 13.1. The standard InChI is InChI=1S/C16H21N5OS/c1-21-10-9-18-16(21)23-12-7-5-11(6-8-12)19-15(22)13-3-2-4-14(17)20-13/h2-4,9-12H,5-8H2,1H3,(H2,17,20)(H,19,22). The number of hydrogen-bond donors (Lipinski definition) is 2. The van der Waals surface area contributed by atoms with Gasteiger partial charge >= 0.3 is 0 Å². The monoisotopic (exact) mass is 331 g/mol. The van der Waals surface area contributed by atoms with Crippen LogP contribution in [-0.2, 0) is 7.05 Å².